The van der Waals surface area contributed by atoms with Gasteiger partial charge >= 0.3 is 5.97 Å². The van der Waals surface area contributed by atoms with E-state index >= 15 is 0 Å². The van der Waals surface area contributed by atoms with Crippen LogP contribution in [-0.2, 0) is 14.3 Å². The molecular weight excluding hydrogens is 571 g/mol. The fraction of sp³-hybridized carbons (Fsp3) is 0.250. The van der Waals surface area contributed by atoms with E-state index in [-0.39, 0.29) is 22.5 Å². The Hall–Kier alpha value is -2.34. The van der Waals surface area contributed by atoms with Gasteiger partial charge in [-0.15, -0.1) is 0 Å². The molecule has 0 spiro atoms. The third-order valence-corrected chi connectivity index (χ3v) is 5.30. The molecule has 2 aromatic rings. The topological polar surface area (TPSA) is 148 Å². The maximum absolute atomic E-state index is 12.8. The van der Waals surface area contributed by atoms with Crippen LogP contribution in [0, 0.1) is 10.1 Å². The number of hydrogen-bond acceptors (Lipinski definition) is 7. The standard InChI is InChI=1S/C20H16Cl5N3O7/c21-16(22)17(30)27-14(9-29)15(10-3-7-13(8-4-10)28(33)34)35-18(31)11-1-5-12(6-2-11)26-19(32)20(23,24)25/h1-8,14-16,29H,9H2,(H,26,32)(H,27,30)/t14-,15-/m1/s1. The number of nitro benzene ring substituents is 1. The number of non-ortho nitro benzene ring substituents is 1. The van der Waals surface area contributed by atoms with Crippen molar-refractivity contribution in [3.05, 3.63) is 69.8 Å². The fourth-order valence-corrected chi connectivity index (χ4v) is 2.97. The van der Waals surface area contributed by atoms with E-state index in [0.717, 1.165) is 0 Å². The minimum atomic E-state index is -2.19. The molecule has 0 bridgehead atoms. The molecule has 0 heterocycles. The number of aliphatic hydroxyl groups is 1. The number of nitro groups is 1. The molecule has 0 saturated carbocycles. The zero-order valence-electron chi connectivity index (χ0n) is 17.3. The average Bonchev–Trinajstić information content (AvgIpc) is 2.80. The molecule has 0 fully saturated rings. The van der Waals surface area contributed by atoms with Crippen molar-refractivity contribution in [2.75, 3.05) is 11.9 Å². The van der Waals surface area contributed by atoms with E-state index < -0.39 is 50.1 Å². The molecule has 2 aromatic carbocycles. The maximum Gasteiger partial charge on any atom is 0.338 e. The van der Waals surface area contributed by atoms with Crippen LogP contribution in [0.2, 0.25) is 0 Å². The zero-order valence-corrected chi connectivity index (χ0v) is 21.1. The molecule has 2 atom stereocenters. The van der Waals surface area contributed by atoms with Crippen LogP contribution in [0.3, 0.4) is 0 Å². The fourth-order valence-electron chi connectivity index (χ4n) is 2.71. The second kappa shape index (κ2) is 12.6. The third kappa shape index (κ3) is 8.38. The van der Waals surface area contributed by atoms with Gasteiger partial charge in [0.2, 0.25) is 0 Å². The summed E-state index contributed by atoms with van der Waals surface area (Å²) in [6, 6.07) is 9.06. The van der Waals surface area contributed by atoms with Gasteiger partial charge in [0, 0.05) is 17.8 Å². The second-order valence-electron chi connectivity index (χ2n) is 6.80. The molecular formula is C20H16Cl5N3O7. The Kier molecular flexibility index (Phi) is 10.4. The van der Waals surface area contributed by atoms with Crippen LogP contribution in [0.25, 0.3) is 0 Å². The lowest BCUT2D eigenvalue weighted by Gasteiger charge is -2.27. The summed E-state index contributed by atoms with van der Waals surface area (Å²) in [5.74, 6) is -2.65. The van der Waals surface area contributed by atoms with Crippen molar-refractivity contribution in [2.24, 2.45) is 0 Å². The first-order chi connectivity index (χ1) is 16.3. The van der Waals surface area contributed by atoms with Gasteiger partial charge in [-0.1, -0.05) is 58.0 Å². The lowest BCUT2D eigenvalue weighted by molar-refractivity contribution is -0.384. The molecule has 0 unspecified atom stereocenters. The van der Waals surface area contributed by atoms with Crippen LogP contribution < -0.4 is 10.6 Å². The lowest BCUT2D eigenvalue weighted by Crippen LogP contribution is -2.45. The van der Waals surface area contributed by atoms with Gasteiger partial charge in [-0.05, 0) is 42.0 Å². The van der Waals surface area contributed by atoms with Crippen molar-refractivity contribution in [1.29, 1.82) is 0 Å². The first-order valence-corrected chi connectivity index (χ1v) is 11.5. The molecule has 0 aliphatic carbocycles. The van der Waals surface area contributed by atoms with Gasteiger partial charge in [0.1, 0.15) is 6.10 Å². The number of nitrogens with zero attached hydrogens (tertiary/aromatic N) is 1. The van der Waals surface area contributed by atoms with Crippen molar-refractivity contribution in [3.63, 3.8) is 0 Å². The summed E-state index contributed by atoms with van der Waals surface area (Å²) >= 11 is 27.6. The van der Waals surface area contributed by atoms with E-state index in [1.54, 1.807) is 0 Å². The number of halogens is 5. The van der Waals surface area contributed by atoms with E-state index in [9.17, 15) is 29.6 Å². The number of rotatable bonds is 9. The maximum atomic E-state index is 12.8. The number of carbonyl (C=O) groups excluding carboxylic acids is 3. The number of amides is 2. The Morgan fingerprint density at radius 1 is 1.03 bits per heavy atom. The molecule has 0 aliphatic rings. The van der Waals surface area contributed by atoms with Gasteiger partial charge in [0.15, 0.2) is 4.84 Å². The normalized spacial score (nSPS) is 13.0. The minimum absolute atomic E-state index is 0.0272. The van der Waals surface area contributed by atoms with Crippen LogP contribution in [-0.4, -0.2) is 49.1 Å². The summed E-state index contributed by atoms with van der Waals surface area (Å²) in [5.41, 5.74) is 0.257. The highest BCUT2D eigenvalue weighted by Crippen LogP contribution is 2.28. The minimum Gasteiger partial charge on any atom is -0.452 e. The molecule has 15 heteroatoms. The zero-order chi connectivity index (χ0) is 26.3. The van der Waals surface area contributed by atoms with E-state index in [0.29, 0.717) is 0 Å². The van der Waals surface area contributed by atoms with E-state index in [2.05, 4.69) is 10.6 Å². The summed E-state index contributed by atoms with van der Waals surface area (Å²) in [4.78, 5) is 45.4. The SMILES string of the molecule is O=C(O[C@H](c1ccc([N+](=O)[O-])cc1)[C@@H](CO)NC(=O)C(Cl)Cl)c1ccc(NC(=O)C(Cl)(Cl)Cl)cc1. The Morgan fingerprint density at radius 2 is 1.60 bits per heavy atom. The number of carbonyl (C=O) groups is 3. The smallest absolute Gasteiger partial charge is 0.338 e. The van der Waals surface area contributed by atoms with Gasteiger partial charge < -0.3 is 20.5 Å². The first-order valence-electron chi connectivity index (χ1n) is 9.46. The van der Waals surface area contributed by atoms with Crippen molar-refractivity contribution < 1.29 is 29.2 Å². The molecule has 0 aliphatic heterocycles. The van der Waals surface area contributed by atoms with Crippen molar-refractivity contribution >= 4 is 87.2 Å². The first kappa shape index (κ1) is 28.9. The van der Waals surface area contributed by atoms with Crippen LogP contribution in [0.1, 0.15) is 22.0 Å². The van der Waals surface area contributed by atoms with Crippen molar-refractivity contribution in [3.8, 4) is 0 Å². The average molecular weight is 588 g/mol. The summed E-state index contributed by atoms with van der Waals surface area (Å²) in [6.45, 7) is -0.691. The number of aliphatic hydroxyl groups excluding tert-OH is 1. The van der Waals surface area contributed by atoms with Gasteiger partial charge in [0.25, 0.3) is 21.3 Å². The molecule has 35 heavy (non-hydrogen) atoms. The Balaban J connectivity index is 2.29. The van der Waals surface area contributed by atoms with Gasteiger partial charge in [0.05, 0.1) is 23.1 Å². The van der Waals surface area contributed by atoms with Crippen molar-refractivity contribution in [1.82, 2.24) is 5.32 Å². The number of alkyl halides is 5. The number of anilines is 1. The number of ether oxygens (including phenoxy) is 1. The molecule has 2 rings (SSSR count). The van der Waals surface area contributed by atoms with Gasteiger partial charge in [-0.2, -0.15) is 0 Å². The number of hydrogen-bond donors (Lipinski definition) is 3. The Morgan fingerprint density at radius 3 is 2.06 bits per heavy atom. The monoisotopic (exact) mass is 585 g/mol. The predicted molar refractivity (Wildman–Crippen MR) is 131 cm³/mol. The van der Waals surface area contributed by atoms with Crippen LogP contribution in [0.5, 0.6) is 0 Å². The summed E-state index contributed by atoms with van der Waals surface area (Å²) in [5, 5.41) is 25.5. The molecule has 3 N–H and O–H groups in total. The lowest BCUT2D eigenvalue weighted by atomic mass is 10.0. The van der Waals surface area contributed by atoms with Gasteiger partial charge in [-0.25, -0.2) is 4.79 Å². The van der Waals surface area contributed by atoms with Crippen LogP contribution >= 0.6 is 58.0 Å². The van der Waals surface area contributed by atoms with Crippen LogP contribution in [0.15, 0.2) is 48.5 Å². The summed E-state index contributed by atoms with van der Waals surface area (Å²) < 4.78 is 3.32. The molecule has 10 nitrogen and oxygen atoms in total. The highest BCUT2D eigenvalue weighted by Gasteiger charge is 2.32. The Bertz CT molecular complexity index is 1080. The Labute approximate surface area is 223 Å². The summed E-state index contributed by atoms with van der Waals surface area (Å²) in [6.07, 6.45) is -1.28. The molecule has 2 amide bonds. The molecule has 0 saturated heterocycles. The van der Waals surface area contributed by atoms with Gasteiger partial charge in [-0.3, -0.25) is 19.7 Å². The molecule has 0 radical (unpaired) electrons. The summed E-state index contributed by atoms with van der Waals surface area (Å²) in [7, 11) is 0. The van der Waals surface area contributed by atoms with Crippen LogP contribution in [0.4, 0.5) is 11.4 Å². The molecule has 188 valence electrons. The predicted octanol–water partition coefficient (Wildman–Crippen LogP) is 4.08. The van der Waals surface area contributed by atoms with Crippen molar-refractivity contribution in [2.45, 2.75) is 20.8 Å². The number of nitrogens with one attached hydrogen (secondary N) is 2. The number of benzene rings is 2. The van der Waals surface area contributed by atoms with E-state index in [1.807, 2.05) is 0 Å². The largest absolute Gasteiger partial charge is 0.452 e. The highest BCUT2D eigenvalue weighted by molar-refractivity contribution is 6.76. The third-order valence-electron chi connectivity index (χ3n) is 4.39. The highest BCUT2D eigenvalue weighted by atomic mass is 35.6. The quantitative estimate of drug-likeness (QED) is 0.173. The van der Waals surface area contributed by atoms with E-state index in [1.165, 1.54) is 48.5 Å². The molecule has 0 aromatic heterocycles. The number of esters is 1. The van der Waals surface area contributed by atoms with E-state index in [4.69, 9.17) is 62.7 Å². The second-order valence-corrected chi connectivity index (χ2v) is 10.2.